The molecule has 7 nitrogen and oxygen atoms in total. The summed E-state index contributed by atoms with van der Waals surface area (Å²) in [7, 11) is 0. The Balaban J connectivity index is 1.71. The number of carbonyl (C=O) groups is 2. The van der Waals surface area contributed by atoms with Gasteiger partial charge in [-0.2, -0.15) is 0 Å². The maximum absolute atomic E-state index is 12.3. The van der Waals surface area contributed by atoms with Crippen LogP contribution in [0.25, 0.3) is 0 Å². The van der Waals surface area contributed by atoms with Gasteiger partial charge in [-0.1, -0.05) is 0 Å². The molecule has 1 aromatic rings. The second-order valence-corrected chi connectivity index (χ2v) is 8.05. The number of ether oxygens (including phenoxy) is 1. The molecule has 2 aliphatic heterocycles. The zero-order valence-corrected chi connectivity index (χ0v) is 15.2. The number of aromatic nitrogens is 2. The molecule has 2 unspecified atom stereocenters. The largest absolute Gasteiger partial charge is 0.481 e. The van der Waals surface area contributed by atoms with Crippen LogP contribution in [0.3, 0.4) is 0 Å². The van der Waals surface area contributed by atoms with Gasteiger partial charge in [0.2, 0.25) is 0 Å². The molecule has 3 rings (SSSR count). The molecule has 0 radical (unpaired) electrons. The van der Waals surface area contributed by atoms with E-state index in [4.69, 9.17) is 4.74 Å². The van der Waals surface area contributed by atoms with Crippen LogP contribution in [0.4, 0.5) is 4.79 Å². The first-order chi connectivity index (χ1) is 11.7. The highest BCUT2D eigenvalue weighted by molar-refractivity contribution is 5.70. The van der Waals surface area contributed by atoms with Gasteiger partial charge in [-0.05, 0) is 40.0 Å². The number of fused-ring (bicyclic) bond motifs is 1. The number of nitrogens with zero attached hydrogens (tertiary/aromatic N) is 3. The van der Waals surface area contributed by atoms with Crippen LogP contribution in [-0.4, -0.2) is 50.3 Å². The molecule has 7 heteroatoms. The highest BCUT2D eigenvalue weighted by Crippen LogP contribution is 2.31. The SMILES string of the molecule is CC(C)(C)OC(=O)N1CCCC(c2ncc3n2CCC(C(=O)O)C3)C1. The van der Waals surface area contributed by atoms with Crippen LogP contribution in [0, 0.1) is 5.92 Å². The third-order valence-electron chi connectivity index (χ3n) is 4.91. The van der Waals surface area contributed by atoms with Crippen LogP contribution < -0.4 is 0 Å². The van der Waals surface area contributed by atoms with E-state index < -0.39 is 11.6 Å². The van der Waals surface area contributed by atoms with E-state index in [2.05, 4.69) is 9.55 Å². The van der Waals surface area contributed by atoms with Gasteiger partial charge in [0.15, 0.2) is 0 Å². The summed E-state index contributed by atoms with van der Waals surface area (Å²) < 4.78 is 7.65. The van der Waals surface area contributed by atoms with Crippen molar-refractivity contribution < 1.29 is 19.4 Å². The second-order valence-electron chi connectivity index (χ2n) is 8.05. The Kier molecular flexibility index (Phi) is 4.75. The molecule has 0 spiro atoms. The van der Waals surface area contributed by atoms with Gasteiger partial charge in [0.25, 0.3) is 0 Å². The number of hydrogen-bond donors (Lipinski definition) is 1. The number of piperidine rings is 1. The summed E-state index contributed by atoms with van der Waals surface area (Å²) in [6.07, 6.45) is 4.60. The van der Waals surface area contributed by atoms with Gasteiger partial charge in [-0.25, -0.2) is 9.78 Å². The summed E-state index contributed by atoms with van der Waals surface area (Å²) in [5.74, 6) is 0.105. The average molecular weight is 349 g/mol. The van der Waals surface area contributed by atoms with Crippen LogP contribution in [0.5, 0.6) is 0 Å². The molecule has 1 aromatic heterocycles. The predicted octanol–water partition coefficient (Wildman–Crippen LogP) is 2.64. The van der Waals surface area contributed by atoms with Crippen molar-refractivity contribution in [2.75, 3.05) is 13.1 Å². The van der Waals surface area contributed by atoms with Gasteiger partial charge in [-0.3, -0.25) is 4.79 Å². The lowest BCUT2D eigenvalue weighted by Crippen LogP contribution is -2.42. The molecule has 1 fully saturated rings. The lowest BCUT2D eigenvalue weighted by molar-refractivity contribution is -0.142. The van der Waals surface area contributed by atoms with Gasteiger partial charge in [0, 0.05) is 43.9 Å². The minimum absolute atomic E-state index is 0.177. The molecule has 1 amide bonds. The number of likely N-dealkylation sites (tertiary alicyclic amines) is 1. The Bertz CT molecular complexity index is 662. The first-order valence-electron chi connectivity index (χ1n) is 8.99. The number of carbonyl (C=O) groups excluding carboxylic acids is 1. The summed E-state index contributed by atoms with van der Waals surface area (Å²) in [6, 6.07) is 0. The molecular weight excluding hydrogens is 322 g/mol. The van der Waals surface area contributed by atoms with Gasteiger partial charge in [0.1, 0.15) is 11.4 Å². The zero-order chi connectivity index (χ0) is 18.2. The van der Waals surface area contributed by atoms with Crippen LogP contribution in [-0.2, 0) is 22.5 Å². The van der Waals surface area contributed by atoms with Crippen molar-refractivity contribution in [2.45, 2.75) is 64.5 Å². The molecule has 3 heterocycles. The Morgan fingerprint density at radius 3 is 2.72 bits per heavy atom. The van der Waals surface area contributed by atoms with E-state index in [1.165, 1.54) is 0 Å². The molecule has 1 saturated heterocycles. The van der Waals surface area contributed by atoms with E-state index in [1.54, 1.807) is 11.1 Å². The van der Waals surface area contributed by atoms with E-state index in [1.807, 2.05) is 20.8 Å². The van der Waals surface area contributed by atoms with Gasteiger partial charge < -0.3 is 19.3 Å². The maximum atomic E-state index is 12.3. The van der Waals surface area contributed by atoms with Gasteiger partial charge in [0.05, 0.1) is 5.92 Å². The van der Waals surface area contributed by atoms with Crippen molar-refractivity contribution in [3.63, 3.8) is 0 Å². The topological polar surface area (TPSA) is 84.7 Å². The van der Waals surface area contributed by atoms with Crippen molar-refractivity contribution in [2.24, 2.45) is 5.92 Å². The molecule has 138 valence electrons. The fourth-order valence-corrected chi connectivity index (χ4v) is 3.70. The number of carboxylic acids is 1. The van der Waals surface area contributed by atoms with E-state index in [9.17, 15) is 14.7 Å². The van der Waals surface area contributed by atoms with Gasteiger partial charge >= 0.3 is 12.1 Å². The first-order valence-corrected chi connectivity index (χ1v) is 8.99. The van der Waals surface area contributed by atoms with Crippen molar-refractivity contribution in [1.29, 1.82) is 0 Å². The molecule has 0 saturated carbocycles. The molecular formula is C18H27N3O4. The van der Waals surface area contributed by atoms with Crippen molar-refractivity contribution in [1.82, 2.24) is 14.5 Å². The molecule has 1 N–H and O–H groups in total. The summed E-state index contributed by atoms with van der Waals surface area (Å²) in [5.41, 5.74) is 0.491. The van der Waals surface area contributed by atoms with E-state index in [0.29, 0.717) is 32.5 Å². The number of aliphatic carboxylic acids is 1. The van der Waals surface area contributed by atoms with Crippen LogP contribution in [0.1, 0.15) is 57.5 Å². The lowest BCUT2D eigenvalue weighted by atomic mass is 9.94. The summed E-state index contributed by atoms with van der Waals surface area (Å²) in [5, 5.41) is 9.22. The van der Waals surface area contributed by atoms with Gasteiger partial charge in [-0.15, -0.1) is 0 Å². The number of hydrogen-bond acceptors (Lipinski definition) is 4. The predicted molar refractivity (Wildman–Crippen MR) is 91.5 cm³/mol. The lowest BCUT2D eigenvalue weighted by Gasteiger charge is -2.34. The Morgan fingerprint density at radius 1 is 1.28 bits per heavy atom. The number of carboxylic acid groups (broad SMARTS) is 1. The molecule has 0 aliphatic carbocycles. The number of rotatable bonds is 2. The zero-order valence-electron chi connectivity index (χ0n) is 15.2. The van der Waals surface area contributed by atoms with E-state index in [-0.39, 0.29) is 17.9 Å². The maximum Gasteiger partial charge on any atom is 0.410 e. The number of imidazole rings is 1. The third-order valence-corrected chi connectivity index (χ3v) is 4.91. The minimum Gasteiger partial charge on any atom is -0.481 e. The van der Waals surface area contributed by atoms with E-state index >= 15 is 0 Å². The smallest absolute Gasteiger partial charge is 0.410 e. The summed E-state index contributed by atoms with van der Waals surface area (Å²) >= 11 is 0. The molecule has 2 aliphatic rings. The first kappa shape index (κ1) is 17.8. The van der Waals surface area contributed by atoms with Crippen LogP contribution >= 0.6 is 0 Å². The third kappa shape index (κ3) is 3.96. The molecule has 0 aromatic carbocycles. The Labute approximate surface area is 148 Å². The summed E-state index contributed by atoms with van der Waals surface area (Å²) in [4.78, 5) is 29.9. The highest BCUT2D eigenvalue weighted by Gasteiger charge is 2.33. The average Bonchev–Trinajstić information content (AvgIpc) is 2.96. The molecule has 2 atom stereocenters. The summed E-state index contributed by atoms with van der Waals surface area (Å²) in [6.45, 7) is 7.61. The van der Waals surface area contributed by atoms with E-state index in [0.717, 1.165) is 24.4 Å². The van der Waals surface area contributed by atoms with Crippen LogP contribution in [0.2, 0.25) is 0 Å². The molecule has 25 heavy (non-hydrogen) atoms. The normalized spacial score (nSPS) is 23.9. The van der Waals surface area contributed by atoms with Crippen molar-refractivity contribution >= 4 is 12.1 Å². The number of amides is 1. The van der Waals surface area contributed by atoms with Crippen LogP contribution in [0.15, 0.2) is 6.20 Å². The fraction of sp³-hybridized carbons (Fsp3) is 0.722. The monoisotopic (exact) mass is 349 g/mol. The Hall–Kier alpha value is -2.05. The fourth-order valence-electron chi connectivity index (χ4n) is 3.70. The second kappa shape index (κ2) is 6.69. The van der Waals surface area contributed by atoms with Crippen molar-refractivity contribution in [3.8, 4) is 0 Å². The highest BCUT2D eigenvalue weighted by atomic mass is 16.6. The Morgan fingerprint density at radius 2 is 2.04 bits per heavy atom. The quantitative estimate of drug-likeness (QED) is 0.887. The molecule has 0 bridgehead atoms. The minimum atomic E-state index is -0.734. The standard InChI is InChI=1S/C18H27N3O4/c1-18(2,3)25-17(24)20-7-4-5-13(11-20)15-19-10-14-9-12(16(22)23)6-8-21(14)15/h10,12-13H,4-9,11H2,1-3H3,(H,22,23). The van der Waals surface area contributed by atoms with Crippen molar-refractivity contribution in [3.05, 3.63) is 17.7 Å².